The minimum absolute atomic E-state index is 0.198. The van der Waals surface area contributed by atoms with E-state index in [1.165, 1.54) is 0 Å². The predicted octanol–water partition coefficient (Wildman–Crippen LogP) is 2.01. The van der Waals surface area contributed by atoms with Crippen molar-refractivity contribution in [2.24, 2.45) is 16.3 Å². The second-order valence-electron chi connectivity index (χ2n) is 4.79. The summed E-state index contributed by atoms with van der Waals surface area (Å²) in [6.45, 7) is 8.75. The van der Waals surface area contributed by atoms with E-state index in [0.717, 1.165) is 6.42 Å². The van der Waals surface area contributed by atoms with Crippen LogP contribution in [-0.2, 0) is 9.53 Å². The molecule has 1 unspecified atom stereocenters. The Morgan fingerprint density at radius 3 is 2.54 bits per heavy atom. The third-order valence-corrected chi connectivity index (χ3v) is 1.92. The highest BCUT2D eigenvalue weighted by Crippen LogP contribution is 2.26. The van der Waals surface area contributed by atoms with Crippen molar-refractivity contribution in [1.82, 2.24) is 0 Å². The second-order valence-corrected chi connectivity index (χ2v) is 4.79. The van der Waals surface area contributed by atoms with Gasteiger partial charge in [0.1, 0.15) is 6.54 Å². The molecule has 0 fully saturated rings. The Labute approximate surface area is 79.2 Å². The van der Waals surface area contributed by atoms with Crippen LogP contribution in [-0.4, -0.2) is 18.4 Å². The van der Waals surface area contributed by atoms with Crippen molar-refractivity contribution >= 4 is 11.9 Å². The maximum Gasteiger partial charge on any atom is 0.334 e. The third-order valence-electron chi connectivity index (χ3n) is 1.92. The van der Waals surface area contributed by atoms with Crippen molar-refractivity contribution in [2.75, 3.05) is 6.54 Å². The predicted molar refractivity (Wildman–Crippen MR) is 51.6 cm³/mol. The molecule has 0 aromatic carbocycles. The monoisotopic (exact) mass is 183 g/mol. The van der Waals surface area contributed by atoms with E-state index in [1.54, 1.807) is 0 Å². The van der Waals surface area contributed by atoms with E-state index in [9.17, 15) is 4.79 Å². The van der Waals surface area contributed by atoms with E-state index in [-0.39, 0.29) is 23.8 Å². The summed E-state index contributed by atoms with van der Waals surface area (Å²) in [4.78, 5) is 14.8. The van der Waals surface area contributed by atoms with E-state index in [2.05, 4.69) is 25.8 Å². The molecule has 0 N–H and O–H groups in total. The summed E-state index contributed by atoms with van der Waals surface area (Å²) in [6, 6.07) is 0. The van der Waals surface area contributed by atoms with Crippen LogP contribution in [0.2, 0.25) is 0 Å². The number of nitrogens with zero attached hydrogens (tertiary/aromatic N) is 1. The van der Waals surface area contributed by atoms with E-state index < -0.39 is 0 Å². The molecule has 0 amide bonds. The fourth-order valence-corrected chi connectivity index (χ4v) is 1.59. The molecule has 1 atom stereocenters. The van der Waals surface area contributed by atoms with Gasteiger partial charge in [0, 0.05) is 5.92 Å². The van der Waals surface area contributed by atoms with Crippen molar-refractivity contribution in [1.29, 1.82) is 0 Å². The topological polar surface area (TPSA) is 38.7 Å². The summed E-state index contributed by atoms with van der Waals surface area (Å²) in [6.07, 6.45) is 0.985. The standard InChI is InChI=1S/C10H17NO2/c1-7(5-10(2,3)4)9-11-6-8(12)13-9/h7H,5-6H2,1-4H3. The molecule has 3 nitrogen and oxygen atoms in total. The summed E-state index contributed by atoms with van der Waals surface area (Å²) in [5, 5.41) is 0. The fraction of sp³-hybridized carbons (Fsp3) is 0.800. The molecule has 0 saturated heterocycles. The van der Waals surface area contributed by atoms with Gasteiger partial charge >= 0.3 is 5.97 Å². The van der Waals surface area contributed by atoms with Crippen molar-refractivity contribution in [3.63, 3.8) is 0 Å². The first-order valence-electron chi connectivity index (χ1n) is 4.63. The molecule has 13 heavy (non-hydrogen) atoms. The molecule has 0 aromatic heterocycles. The molecule has 3 heteroatoms. The highest BCUT2D eigenvalue weighted by molar-refractivity contribution is 5.96. The Balaban J connectivity index is 2.49. The van der Waals surface area contributed by atoms with Crippen LogP contribution in [0.1, 0.15) is 34.1 Å². The third kappa shape index (κ3) is 3.17. The number of rotatable bonds is 2. The molecule has 0 aliphatic carbocycles. The lowest BCUT2D eigenvalue weighted by atomic mass is 9.85. The van der Waals surface area contributed by atoms with Crippen LogP contribution in [0.5, 0.6) is 0 Å². The zero-order chi connectivity index (χ0) is 10.1. The molecule has 1 heterocycles. The zero-order valence-electron chi connectivity index (χ0n) is 8.76. The minimum atomic E-state index is -0.226. The van der Waals surface area contributed by atoms with Crippen molar-refractivity contribution < 1.29 is 9.53 Å². The number of hydrogen-bond acceptors (Lipinski definition) is 3. The first-order valence-corrected chi connectivity index (χ1v) is 4.63. The van der Waals surface area contributed by atoms with E-state index in [1.807, 2.05) is 6.92 Å². The highest BCUT2D eigenvalue weighted by Gasteiger charge is 2.25. The van der Waals surface area contributed by atoms with Crippen LogP contribution in [0, 0.1) is 11.3 Å². The van der Waals surface area contributed by atoms with Gasteiger partial charge in [-0.25, -0.2) is 9.79 Å². The van der Waals surface area contributed by atoms with Crippen LogP contribution in [0.3, 0.4) is 0 Å². The Kier molecular flexibility index (Phi) is 2.74. The average Bonchev–Trinajstić information content (AvgIpc) is 2.31. The number of carbonyl (C=O) groups is 1. The first-order chi connectivity index (χ1) is 5.88. The van der Waals surface area contributed by atoms with Crippen LogP contribution < -0.4 is 0 Å². The van der Waals surface area contributed by atoms with Gasteiger partial charge in [0.25, 0.3) is 0 Å². The smallest absolute Gasteiger partial charge is 0.334 e. The molecule has 1 aliphatic heterocycles. The summed E-state index contributed by atoms with van der Waals surface area (Å²) in [5.74, 6) is 0.627. The average molecular weight is 183 g/mol. The SMILES string of the molecule is CC(CC(C)(C)C)C1=NCC(=O)O1. The summed E-state index contributed by atoms with van der Waals surface area (Å²) < 4.78 is 4.98. The molecule has 0 saturated carbocycles. The summed E-state index contributed by atoms with van der Waals surface area (Å²) in [7, 11) is 0. The Morgan fingerprint density at radius 2 is 2.15 bits per heavy atom. The zero-order valence-corrected chi connectivity index (χ0v) is 8.76. The lowest BCUT2D eigenvalue weighted by molar-refractivity contribution is -0.132. The van der Waals surface area contributed by atoms with Gasteiger partial charge in [-0.2, -0.15) is 0 Å². The molecule has 0 radical (unpaired) electrons. The summed E-state index contributed by atoms with van der Waals surface area (Å²) >= 11 is 0. The van der Waals surface area contributed by atoms with Crippen LogP contribution in [0.15, 0.2) is 4.99 Å². The number of carbonyl (C=O) groups excluding carboxylic acids is 1. The molecule has 0 aromatic rings. The van der Waals surface area contributed by atoms with E-state index in [0.29, 0.717) is 5.90 Å². The Hall–Kier alpha value is -0.860. The quantitative estimate of drug-likeness (QED) is 0.614. The minimum Gasteiger partial charge on any atom is -0.410 e. The van der Waals surface area contributed by atoms with Gasteiger partial charge in [-0.1, -0.05) is 27.7 Å². The molecular formula is C10H17NO2. The lowest BCUT2D eigenvalue weighted by Crippen LogP contribution is -2.19. The number of hydrogen-bond donors (Lipinski definition) is 0. The first kappa shape index (κ1) is 10.2. The normalized spacial score (nSPS) is 19.7. The lowest BCUT2D eigenvalue weighted by Gasteiger charge is -2.22. The van der Waals surface area contributed by atoms with Crippen LogP contribution in [0.25, 0.3) is 0 Å². The van der Waals surface area contributed by atoms with Gasteiger partial charge in [-0.15, -0.1) is 0 Å². The molecular weight excluding hydrogens is 166 g/mol. The molecule has 1 aliphatic rings. The van der Waals surface area contributed by atoms with Gasteiger partial charge in [0.15, 0.2) is 5.90 Å². The van der Waals surface area contributed by atoms with Gasteiger partial charge in [-0.05, 0) is 11.8 Å². The second kappa shape index (κ2) is 3.48. The van der Waals surface area contributed by atoms with Crippen LogP contribution in [0.4, 0.5) is 0 Å². The Bertz CT molecular complexity index is 238. The molecule has 0 bridgehead atoms. The van der Waals surface area contributed by atoms with E-state index >= 15 is 0 Å². The van der Waals surface area contributed by atoms with Gasteiger partial charge < -0.3 is 4.74 Å². The molecule has 74 valence electrons. The fourth-order valence-electron chi connectivity index (χ4n) is 1.59. The van der Waals surface area contributed by atoms with Crippen LogP contribution >= 0.6 is 0 Å². The van der Waals surface area contributed by atoms with Crippen molar-refractivity contribution in [3.05, 3.63) is 0 Å². The molecule has 0 spiro atoms. The Morgan fingerprint density at radius 1 is 1.54 bits per heavy atom. The number of cyclic esters (lactones) is 1. The van der Waals surface area contributed by atoms with Crippen molar-refractivity contribution in [2.45, 2.75) is 34.1 Å². The molecule has 1 rings (SSSR count). The number of aliphatic imine (C=N–C) groups is 1. The van der Waals surface area contributed by atoms with Gasteiger partial charge in [-0.3, -0.25) is 0 Å². The number of esters is 1. The van der Waals surface area contributed by atoms with Crippen molar-refractivity contribution in [3.8, 4) is 0 Å². The largest absolute Gasteiger partial charge is 0.410 e. The van der Waals surface area contributed by atoms with Gasteiger partial charge in [0.05, 0.1) is 0 Å². The van der Waals surface area contributed by atoms with E-state index in [4.69, 9.17) is 4.74 Å². The highest BCUT2D eigenvalue weighted by atomic mass is 16.6. The maximum absolute atomic E-state index is 10.8. The van der Waals surface area contributed by atoms with Gasteiger partial charge in [0.2, 0.25) is 0 Å². The number of ether oxygens (including phenoxy) is 1. The maximum atomic E-state index is 10.8. The summed E-state index contributed by atoms with van der Waals surface area (Å²) in [5.41, 5.74) is 0.247.